The van der Waals surface area contributed by atoms with Gasteiger partial charge in [-0.05, 0) is 60.4 Å². The van der Waals surface area contributed by atoms with E-state index in [0.29, 0.717) is 0 Å². The largest absolute Gasteiger partial charge is 0.271 e. The van der Waals surface area contributed by atoms with E-state index in [4.69, 9.17) is 5.84 Å². The number of benzene rings is 1. The normalized spacial score (nSPS) is 15.8. The summed E-state index contributed by atoms with van der Waals surface area (Å²) in [6.45, 7) is 1.95. The Bertz CT molecular complexity index is 616. The molecule has 21 heavy (non-hydrogen) atoms. The van der Waals surface area contributed by atoms with Crippen molar-refractivity contribution in [3.05, 3.63) is 56.5 Å². The molecule has 112 valence electrons. The Morgan fingerprint density at radius 1 is 1.38 bits per heavy atom. The van der Waals surface area contributed by atoms with Crippen molar-refractivity contribution in [2.45, 2.75) is 31.6 Å². The molecule has 1 aromatic carbocycles. The molecule has 1 aromatic heterocycles. The van der Waals surface area contributed by atoms with E-state index >= 15 is 0 Å². The second kappa shape index (κ2) is 6.48. The van der Waals surface area contributed by atoms with E-state index in [-0.39, 0.29) is 11.9 Å². The van der Waals surface area contributed by atoms with E-state index in [9.17, 15) is 4.39 Å². The highest BCUT2D eigenvalue weighted by molar-refractivity contribution is 7.98. The second-order valence-electron chi connectivity index (χ2n) is 5.39. The van der Waals surface area contributed by atoms with Gasteiger partial charge in [0.15, 0.2) is 0 Å². The molecule has 1 aliphatic heterocycles. The van der Waals surface area contributed by atoms with Crippen LogP contribution in [-0.2, 0) is 18.6 Å². The molecule has 2 nitrogen and oxygen atoms in total. The zero-order valence-corrected chi connectivity index (χ0v) is 13.6. The number of nitrogens with two attached hydrogens (primary N) is 1. The van der Waals surface area contributed by atoms with Gasteiger partial charge in [0, 0.05) is 15.5 Å². The summed E-state index contributed by atoms with van der Waals surface area (Å²) in [7, 11) is 0. The Morgan fingerprint density at radius 2 is 2.24 bits per heavy atom. The number of rotatable bonds is 4. The molecule has 0 radical (unpaired) electrons. The van der Waals surface area contributed by atoms with Crippen LogP contribution in [0.15, 0.2) is 24.3 Å². The van der Waals surface area contributed by atoms with Gasteiger partial charge in [0.25, 0.3) is 0 Å². The fraction of sp³-hybridized carbons (Fsp3) is 0.375. The molecular formula is C16H19FN2S2. The van der Waals surface area contributed by atoms with Gasteiger partial charge in [-0.15, -0.1) is 11.3 Å². The SMILES string of the molecule is Cc1cc(F)ccc1CC(NN)c1cc2c(s1)CCSC2. The van der Waals surface area contributed by atoms with Gasteiger partial charge in [-0.2, -0.15) is 11.8 Å². The van der Waals surface area contributed by atoms with E-state index in [1.54, 1.807) is 6.07 Å². The standard InChI is InChI=1S/C16H19FN2S2/c1-10-6-13(17)3-2-11(10)7-14(19-18)16-8-12-9-20-5-4-15(12)21-16/h2-3,6,8,14,19H,4-5,7,9,18H2,1H3. The fourth-order valence-electron chi connectivity index (χ4n) is 2.69. The maximum Gasteiger partial charge on any atom is 0.123 e. The zero-order chi connectivity index (χ0) is 14.8. The van der Waals surface area contributed by atoms with Crippen LogP contribution in [0, 0.1) is 12.7 Å². The summed E-state index contributed by atoms with van der Waals surface area (Å²) < 4.78 is 13.2. The van der Waals surface area contributed by atoms with E-state index in [0.717, 1.165) is 29.7 Å². The Morgan fingerprint density at radius 3 is 2.95 bits per heavy atom. The van der Waals surface area contributed by atoms with Gasteiger partial charge >= 0.3 is 0 Å². The Hall–Kier alpha value is -0.880. The third-order valence-electron chi connectivity index (χ3n) is 3.92. The number of hydrogen-bond donors (Lipinski definition) is 2. The van der Waals surface area contributed by atoms with Crippen molar-refractivity contribution in [3.8, 4) is 0 Å². The molecule has 0 saturated heterocycles. The van der Waals surface area contributed by atoms with Crippen molar-refractivity contribution in [1.82, 2.24) is 5.43 Å². The van der Waals surface area contributed by atoms with Gasteiger partial charge in [-0.1, -0.05) is 6.07 Å². The van der Waals surface area contributed by atoms with Gasteiger partial charge < -0.3 is 0 Å². The van der Waals surface area contributed by atoms with Crippen LogP contribution in [0.4, 0.5) is 4.39 Å². The topological polar surface area (TPSA) is 38.0 Å². The number of aryl methyl sites for hydroxylation is 2. The quantitative estimate of drug-likeness (QED) is 0.665. The van der Waals surface area contributed by atoms with Crippen molar-refractivity contribution >= 4 is 23.1 Å². The van der Waals surface area contributed by atoms with Crippen LogP contribution in [0.25, 0.3) is 0 Å². The molecule has 1 aliphatic rings. The van der Waals surface area contributed by atoms with Crippen molar-refractivity contribution < 1.29 is 4.39 Å². The Labute approximate surface area is 132 Å². The predicted octanol–water partition coefficient (Wildman–Crippen LogP) is 3.73. The summed E-state index contributed by atoms with van der Waals surface area (Å²) in [5, 5.41) is 0. The molecule has 0 bridgehead atoms. The minimum atomic E-state index is -0.183. The minimum Gasteiger partial charge on any atom is -0.271 e. The second-order valence-corrected chi connectivity index (χ2v) is 7.67. The van der Waals surface area contributed by atoms with Crippen LogP contribution in [0.5, 0.6) is 0 Å². The highest BCUT2D eigenvalue weighted by Crippen LogP contribution is 2.35. The molecule has 2 aromatic rings. The molecule has 3 N–H and O–H groups in total. The molecule has 0 aliphatic carbocycles. The van der Waals surface area contributed by atoms with E-state index in [1.807, 2.05) is 36.1 Å². The summed E-state index contributed by atoms with van der Waals surface area (Å²) >= 11 is 3.86. The lowest BCUT2D eigenvalue weighted by atomic mass is 10.00. The van der Waals surface area contributed by atoms with E-state index < -0.39 is 0 Å². The first kappa shape index (κ1) is 15.0. The van der Waals surface area contributed by atoms with Crippen LogP contribution >= 0.6 is 23.1 Å². The van der Waals surface area contributed by atoms with Crippen molar-refractivity contribution in [3.63, 3.8) is 0 Å². The lowest BCUT2D eigenvalue weighted by Gasteiger charge is -2.16. The van der Waals surface area contributed by atoms with Crippen LogP contribution in [0.1, 0.15) is 32.5 Å². The van der Waals surface area contributed by atoms with Crippen molar-refractivity contribution in [2.75, 3.05) is 5.75 Å². The van der Waals surface area contributed by atoms with Crippen molar-refractivity contribution in [1.29, 1.82) is 0 Å². The average molecular weight is 322 g/mol. The molecule has 3 rings (SSSR count). The molecule has 1 atom stereocenters. The number of halogens is 1. The third-order valence-corrected chi connectivity index (χ3v) is 6.28. The molecule has 0 spiro atoms. The van der Waals surface area contributed by atoms with Gasteiger partial charge in [0.05, 0.1) is 6.04 Å². The minimum absolute atomic E-state index is 0.0924. The van der Waals surface area contributed by atoms with Crippen LogP contribution in [0.3, 0.4) is 0 Å². The molecule has 0 fully saturated rings. The molecule has 5 heteroatoms. The molecule has 2 heterocycles. The van der Waals surface area contributed by atoms with Crippen LogP contribution in [0.2, 0.25) is 0 Å². The fourth-order valence-corrected chi connectivity index (χ4v) is 5.13. The number of nitrogens with one attached hydrogen (secondary N) is 1. The number of hydrogen-bond acceptors (Lipinski definition) is 4. The summed E-state index contributed by atoms with van der Waals surface area (Å²) in [6.07, 6.45) is 1.95. The Kier molecular flexibility index (Phi) is 4.64. The number of fused-ring (bicyclic) bond motifs is 1. The summed E-state index contributed by atoms with van der Waals surface area (Å²) in [5.74, 6) is 7.91. The van der Waals surface area contributed by atoms with Gasteiger partial charge in [0.1, 0.15) is 5.82 Å². The number of thiophene rings is 1. The number of thioether (sulfide) groups is 1. The van der Waals surface area contributed by atoms with E-state index in [1.165, 1.54) is 27.1 Å². The highest BCUT2D eigenvalue weighted by Gasteiger charge is 2.19. The first-order valence-electron chi connectivity index (χ1n) is 7.07. The maximum absolute atomic E-state index is 13.2. The first-order chi connectivity index (χ1) is 10.2. The molecular weight excluding hydrogens is 303 g/mol. The summed E-state index contributed by atoms with van der Waals surface area (Å²) in [6, 6.07) is 7.34. The summed E-state index contributed by atoms with van der Waals surface area (Å²) in [4.78, 5) is 2.79. The molecule has 1 unspecified atom stereocenters. The molecule has 0 saturated carbocycles. The number of hydrazine groups is 1. The van der Waals surface area contributed by atoms with Crippen LogP contribution in [-0.4, -0.2) is 5.75 Å². The average Bonchev–Trinajstić information content (AvgIpc) is 2.90. The lowest BCUT2D eigenvalue weighted by Crippen LogP contribution is -2.29. The predicted molar refractivity (Wildman–Crippen MR) is 89.1 cm³/mol. The Balaban J connectivity index is 1.83. The van der Waals surface area contributed by atoms with Gasteiger partial charge in [-0.3, -0.25) is 11.3 Å². The van der Waals surface area contributed by atoms with E-state index in [2.05, 4.69) is 11.5 Å². The lowest BCUT2D eigenvalue weighted by molar-refractivity contribution is 0.557. The zero-order valence-electron chi connectivity index (χ0n) is 12.0. The highest BCUT2D eigenvalue weighted by atomic mass is 32.2. The molecule has 0 amide bonds. The maximum atomic E-state index is 13.2. The smallest absolute Gasteiger partial charge is 0.123 e. The third kappa shape index (κ3) is 3.31. The van der Waals surface area contributed by atoms with Gasteiger partial charge in [0.2, 0.25) is 0 Å². The first-order valence-corrected chi connectivity index (χ1v) is 9.05. The monoisotopic (exact) mass is 322 g/mol. The van der Waals surface area contributed by atoms with Crippen LogP contribution < -0.4 is 11.3 Å². The summed E-state index contributed by atoms with van der Waals surface area (Å²) in [5.41, 5.74) is 6.51. The van der Waals surface area contributed by atoms with Crippen molar-refractivity contribution in [2.24, 2.45) is 5.84 Å². The van der Waals surface area contributed by atoms with Gasteiger partial charge in [-0.25, -0.2) is 4.39 Å².